The Kier molecular flexibility index (Phi) is 6.63. The molecule has 2 fully saturated rings. The number of aromatic amines is 1. The Morgan fingerprint density at radius 2 is 2.00 bits per heavy atom. The SMILES string of the molecule is COc1cncnc1-c1ccc2nc(Nc3cc(C(C)N4CCN(C(=O)CC5CC5)CC4)ccn3)[nH]c2c1. The zero-order chi connectivity index (χ0) is 26.1. The highest BCUT2D eigenvalue weighted by Crippen LogP contribution is 2.33. The molecule has 1 saturated carbocycles. The maximum Gasteiger partial charge on any atom is 0.222 e. The summed E-state index contributed by atoms with van der Waals surface area (Å²) in [5.41, 5.74) is 4.53. The van der Waals surface area contributed by atoms with Gasteiger partial charge in [0.05, 0.1) is 24.3 Å². The van der Waals surface area contributed by atoms with Gasteiger partial charge in [-0.05, 0) is 55.5 Å². The first-order valence-electron chi connectivity index (χ1n) is 13.2. The molecule has 1 unspecified atom stereocenters. The first-order valence-corrected chi connectivity index (χ1v) is 13.2. The van der Waals surface area contributed by atoms with Gasteiger partial charge in [0.15, 0.2) is 5.75 Å². The second-order valence-corrected chi connectivity index (χ2v) is 10.1. The van der Waals surface area contributed by atoms with E-state index in [0.717, 1.165) is 60.7 Å². The predicted octanol–water partition coefficient (Wildman–Crippen LogP) is 4.17. The Morgan fingerprint density at radius 3 is 2.79 bits per heavy atom. The number of hydrogen-bond acceptors (Lipinski definition) is 8. The second-order valence-electron chi connectivity index (χ2n) is 10.1. The summed E-state index contributed by atoms with van der Waals surface area (Å²) in [7, 11) is 1.61. The number of benzene rings is 1. The quantitative estimate of drug-likeness (QED) is 0.362. The predicted molar refractivity (Wildman–Crippen MR) is 145 cm³/mol. The summed E-state index contributed by atoms with van der Waals surface area (Å²) in [5.74, 6) is 2.92. The van der Waals surface area contributed by atoms with E-state index in [9.17, 15) is 4.79 Å². The highest BCUT2D eigenvalue weighted by molar-refractivity contribution is 5.84. The average Bonchev–Trinajstić information content (AvgIpc) is 3.68. The van der Waals surface area contributed by atoms with Gasteiger partial charge in [-0.1, -0.05) is 6.07 Å². The third kappa shape index (κ3) is 5.17. The van der Waals surface area contributed by atoms with E-state index in [0.29, 0.717) is 23.5 Å². The minimum atomic E-state index is 0.223. The monoisotopic (exact) mass is 512 g/mol. The van der Waals surface area contributed by atoms with Gasteiger partial charge < -0.3 is 19.9 Å². The number of piperazine rings is 1. The normalized spacial score (nSPS) is 16.9. The van der Waals surface area contributed by atoms with E-state index >= 15 is 0 Å². The lowest BCUT2D eigenvalue weighted by molar-refractivity contribution is -0.133. The van der Waals surface area contributed by atoms with Crippen molar-refractivity contribution < 1.29 is 9.53 Å². The fourth-order valence-corrected chi connectivity index (χ4v) is 5.06. The lowest BCUT2D eigenvalue weighted by Crippen LogP contribution is -2.49. The molecule has 4 heterocycles. The van der Waals surface area contributed by atoms with Crippen molar-refractivity contribution >= 4 is 28.7 Å². The molecule has 196 valence electrons. The Morgan fingerprint density at radius 1 is 1.16 bits per heavy atom. The maximum atomic E-state index is 12.5. The molecular weight excluding hydrogens is 480 g/mol. The number of methoxy groups -OCH3 is 1. The molecule has 38 heavy (non-hydrogen) atoms. The van der Waals surface area contributed by atoms with Crippen LogP contribution in [0, 0.1) is 5.92 Å². The van der Waals surface area contributed by atoms with Gasteiger partial charge in [-0.25, -0.2) is 19.9 Å². The van der Waals surface area contributed by atoms with E-state index < -0.39 is 0 Å². The van der Waals surface area contributed by atoms with Crippen LogP contribution in [0.5, 0.6) is 5.75 Å². The third-order valence-electron chi connectivity index (χ3n) is 7.54. The summed E-state index contributed by atoms with van der Waals surface area (Å²) >= 11 is 0. The molecule has 10 nitrogen and oxygen atoms in total. The van der Waals surface area contributed by atoms with Crippen LogP contribution in [0.25, 0.3) is 22.3 Å². The summed E-state index contributed by atoms with van der Waals surface area (Å²) in [6, 6.07) is 10.3. The number of amides is 1. The molecule has 2 N–H and O–H groups in total. The van der Waals surface area contributed by atoms with Gasteiger partial charge in [-0.2, -0.15) is 0 Å². The Bertz CT molecular complexity index is 1440. The zero-order valence-electron chi connectivity index (χ0n) is 21.7. The molecule has 1 amide bonds. The fourth-order valence-electron chi connectivity index (χ4n) is 5.06. The highest BCUT2D eigenvalue weighted by atomic mass is 16.5. The van der Waals surface area contributed by atoms with Gasteiger partial charge in [0.1, 0.15) is 17.8 Å². The number of rotatable bonds is 8. The van der Waals surface area contributed by atoms with E-state index in [1.165, 1.54) is 24.7 Å². The number of H-pyrrole nitrogens is 1. The lowest BCUT2D eigenvalue weighted by Gasteiger charge is -2.38. The minimum Gasteiger partial charge on any atom is -0.493 e. The summed E-state index contributed by atoms with van der Waals surface area (Å²) in [5, 5.41) is 3.32. The molecule has 1 aliphatic heterocycles. The lowest BCUT2D eigenvalue weighted by atomic mass is 10.1. The Hall–Kier alpha value is -4.05. The first kappa shape index (κ1) is 24.3. The molecule has 3 aromatic heterocycles. The summed E-state index contributed by atoms with van der Waals surface area (Å²) in [6.07, 6.45) is 8.15. The molecule has 1 aromatic carbocycles. The molecular formula is C28H32N8O2. The fraction of sp³-hybridized carbons (Fsp3) is 0.393. The van der Waals surface area contributed by atoms with Gasteiger partial charge in [-0.15, -0.1) is 0 Å². The van der Waals surface area contributed by atoms with Crippen molar-refractivity contribution in [1.29, 1.82) is 0 Å². The summed E-state index contributed by atoms with van der Waals surface area (Å²) < 4.78 is 5.41. The molecule has 1 aliphatic carbocycles. The largest absolute Gasteiger partial charge is 0.493 e. The topological polar surface area (TPSA) is 112 Å². The van der Waals surface area contributed by atoms with Crippen molar-refractivity contribution in [1.82, 2.24) is 34.7 Å². The van der Waals surface area contributed by atoms with Crippen molar-refractivity contribution in [3.63, 3.8) is 0 Å². The smallest absolute Gasteiger partial charge is 0.222 e. The van der Waals surface area contributed by atoms with Crippen LogP contribution in [0.2, 0.25) is 0 Å². The zero-order valence-corrected chi connectivity index (χ0v) is 21.7. The van der Waals surface area contributed by atoms with E-state index in [1.54, 1.807) is 13.3 Å². The molecule has 2 aliphatic rings. The second kappa shape index (κ2) is 10.4. The number of nitrogens with zero attached hydrogens (tertiary/aromatic N) is 6. The molecule has 1 atom stereocenters. The van der Waals surface area contributed by atoms with Crippen LogP contribution in [0.4, 0.5) is 11.8 Å². The minimum absolute atomic E-state index is 0.223. The van der Waals surface area contributed by atoms with Crippen molar-refractivity contribution in [3.8, 4) is 17.0 Å². The molecule has 10 heteroatoms. The van der Waals surface area contributed by atoms with Crippen molar-refractivity contribution in [2.24, 2.45) is 5.92 Å². The van der Waals surface area contributed by atoms with E-state index in [1.807, 2.05) is 29.3 Å². The van der Waals surface area contributed by atoms with E-state index in [4.69, 9.17) is 4.74 Å². The van der Waals surface area contributed by atoms with E-state index in [-0.39, 0.29) is 6.04 Å². The molecule has 6 rings (SSSR count). The Balaban J connectivity index is 1.13. The third-order valence-corrected chi connectivity index (χ3v) is 7.54. The van der Waals surface area contributed by atoms with Gasteiger partial charge in [0.25, 0.3) is 0 Å². The summed E-state index contributed by atoms with van der Waals surface area (Å²) in [4.78, 5) is 37.9. The van der Waals surface area contributed by atoms with E-state index in [2.05, 4.69) is 54.2 Å². The number of hydrogen-bond donors (Lipinski definition) is 2. The molecule has 0 radical (unpaired) electrons. The van der Waals surface area contributed by atoms with Crippen LogP contribution in [-0.2, 0) is 4.79 Å². The Labute approximate surface area is 221 Å². The molecule has 4 aromatic rings. The molecule has 0 bridgehead atoms. The number of carbonyl (C=O) groups excluding carboxylic acids is 1. The number of anilines is 2. The van der Waals surface area contributed by atoms with Crippen LogP contribution >= 0.6 is 0 Å². The van der Waals surface area contributed by atoms with Crippen LogP contribution in [-0.4, -0.2) is 73.9 Å². The van der Waals surface area contributed by atoms with Crippen LogP contribution in [0.1, 0.15) is 37.8 Å². The highest BCUT2D eigenvalue weighted by Gasteiger charge is 2.29. The van der Waals surface area contributed by atoms with Crippen molar-refractivity contribution in [3.05, 3.63) is 54.6 Å². The number of imidazole rings is 1. The van der Waals surface area contributed by atoms with Gasteiger partial charge in [-0.3, -0.25) is 9.69 Å². The maximum absolute atomic E-state index is 12.5. The number of fused-ring (bicyclic) bond motifs is 1. The van der Waals surface area contributed by atoms with Gasteiger partial charge in [0, 0.05) is 50.4 Å². The molecule has 1 saturated heterocycles. The summed E-state index contributed by atoms with van der Waals surface area (Å²) in [6.45, 7) is 5.57. The first-order chi connectivity index (χ1) is 18.6. The average molecular weight is 513 g/mol. The van der Waals surface area contributed by atoms with Crippen molar-refractivity contribution in [2.75, 3.05) is 38.6 Å². The standard InChI is InChI=1S/C28H32N8O2/c1-18(35-9-11-36(12-10-35)26(37)13-19-3-4-19)20-7-8-30-25(15-20)34-28-32-22-6-5-21(14-23(22)33-28)27-24(38-2)16-29-17-31-27/h5-8,14-19H,3-4,9-13H2,1-2H3,(H2,30,32,33,34). The molecule has 0 spiro atoms. The van der Waals surface area contributed by atoms with Crippen LogP contribution in [0.15, 0.2) is 49.1 Å². The van der Waals surface area contributed by atoms with Gasteiger partial charge in [0.2, 0.25) is 11.9 Å². The number of aromatic nitrogens is 5. The van der Waals surface area contributed by atoms with Gasteiger partial charge >= 0.3 is 0 Å². The van der Waals surface area contributed by atoms with Crippen LogP contribution < -0.4 is 10.1 Å². The number of pyridine rings is 1. The van der Waals surface area contributed by atoms with Crippen LogP contribution in [0.3, 0.4) is 0 Å². The number of ether oxygens (including phenoxy) is 1. The number of carbonyl (C=O) groups is 1. The number of nitrogens with one attached hydrogen (secondary N) is 2. The van der Waals surface area contributed by atoms with Crippen molar-refractivity contribution in [2.45, 2.75) is 32.2 Å².